The number of rotatable bonds is 2. The van der Waals surface area contributed by atoms with Gasteiger partial charge in [-0.3, -0.25) is 9.48 Å². The first-order valence-corrected chi connectivity index (χ1v) is 5.97. The van der Waals surface area contributed by atoms with E-state index in [0.717, 1.165) is 0 Å². The van der Waals surface area contributed by atoms with Crippen LogP contribution in [0.15, 0.2) is 24.4 Å². The molecule has 0 saturated carbocycles. The van der Waals surface area contributed by atoms with Gasteiger partial charge in [-0.05, 0) is 18.2 Å². The first-order valence-electron chi connectivity index (χ1n) is 5.21. The molecule has 0 aliphatic carbocycles. The molecule has 1 heterocycles. The SMILES string of the molecule is Cn1ncc(C#N)c1NC(=O)c1ccc(Cl)c(Cl)c1. The highest BCUT2D eigenvalue weighted by Gasteiger charge is 2.14. The minimum Gasteiger partial charge on any atom is -0.306 e. The van der Waals surface area contributed by atoms with Crippen LogP contribution in [0, 0.1) is 11.3 Å². The lowest BCUT2D eigenvalue weighted by Gasteiger charge is -2.06. The number of amides is 1. The van der Waals surface area contributed by atoms with Crippen molar-refractivity contribution < 1.29 is 4.79 Å². The number of nitrogens with one attached hydrogen (secondary N) is 1. The lowest BCUT2D eigenvalue weighted by atomic mass is 10.2. The second-order valence-electron chi connectivity index (χ2n) is 3.73. The van der Waals surface area contributed by atoms with Crippen LogP contribution in [0.25, 0.3) is 0 Å². The molecule has 1 aromatic heterocycles. The molecule has 1 aromatic carbocycles. The minimum atomic E-state index is -0.390. The number of aromatic nitrogens is 2. The van der Waals surface area contributed by atoms with Crippen LogP contribution in [0.1, 0.15) is 15.9 Å². The lowest BCUT2D eigenvalue weighted by Crippen LogP contribution is -2.15. The fourth-order valence-corrected chi connectivity index (χ4v) is 1.78. The zero-order valence-electron chi connectivity index (χ0n) is 9.82. The number of carbonyl (C=O) groups is 1. The highest BCUT2D eigenvalue weighted by Crippen LogP contribution is 2.23. The molecule has 5 nitrogen and oxygen atoms in total. The van der Waals surface area contributed by atoms with E-state index in [1.54, 1.807) is 13.1 Å². The highest BCUT2D eigenvalue weighted by atomic mass is 35.5. The molecule has 7 heteroatoms. The van der Waals surface area contributed by atoms with E-state index in [0.29, 0.717) is 21.4 Å². The Hall–Kier alpha value is -2.03. The van der Waals surface area contributed by atoms with Crippen molar-refractivity contribution in [3.05, 3.63) is 45.6 Å². The third kappa shape index (κ3) is 2.70. The van der Waals surface area contributed by atoms with Crippen molar-refractivity contribution in [3.8, 4) is 6.07 Å². The van der Waals surface area contributed by atoms with Crippen molar-refractivity contribution >= 4 is 34.9 Å². The van der Waals surface area contributed by atoms with Crippen LogP contribution in [0.2, 0.25) is 10.0 Å². The molecular formula is C12H8Cl2N4O. The lowest BCUT2D eigenvalue weighted by molar-refractivity contribution is 0.102. The Morgan fingerprint density at radius 1 is 1.42 bits per heavy atom. The van der Waals surface area contributed by atoms with Crippen LogP contribution in [0.4, 0.5) is 5.82 Å². The van der Waals surface area contributed by atoms with Crippen LogP contribution in [-0.4, -0.2) is 15.7 Å². The number of halogens is 2. The van der Waals surface area contributed by atoms with Gasteiger partial charge in [-0.1, -0.05) is 23.2 Å². The monoisotopic (exact) mass is 294 g/mol. The summed E-state index contributed by atoms with van der Waals surface area (Å²) in [5.74, 6) is -0.0581. The van der Waals surface area contributed by atoms with Crippen molar-refractivity contribution in [3.63, 3.8) is 0 Å². The van der Waals surface area contributed by atoms with E-state index in [1.807, 2.05) is 6.07 Å². The Morgan fingerprint density at radius 2 is 2.16 bits per heavy atom. The van der Waals surface area contributed by atoms with Gasteiger partial charge in [0.25, 0.3) is 5.91 Å². The Balaban J connectivity index is 2.28. The van der Waals surface area contributed by atoms with E-state index in [-0.39, 0.29) is 5.56 Å². The second-order valence-corrected chi connectivity index (χ2v) is 4.54. The average molecular weight is 295 g/mol. The van der Waals surface area contributed by atoms with E-state index in [2.05, 4.69) is 10.4 Å². The van der Waals surface area contributed by atoms with Gasteiger partial charge in [0.1, 0.15) is 17.5 Å². The number of nitrogens with zero attached hydrogens (tertiary/aromatic N) is 3. The maximum Gasteiger partial charge on any atom is 0.256 e. The summed E-state index contributed by atoms with van der Waals surface area (Å²) in [5, 5.41) is 16.1. The smallest absolute Gasteiger partial charge is 0.256 e. The summed E-state index contributed by atoms with van der Waals surface area (Å²) in [6.07, 6.45) is 1.38. The van der Waals surface area contributed by atoms with Gasteiger partial charge in [0, 0.05) is 12.6 Å². The average Bonchev–Trinajstić information content (AvgIpc) is 2.74. The molecule has 0 saturated heterocycles. The standard InChI is InChI=1S/C12H8Cl2N4O/c1-18-11(8(5-15)6-16-18)17-12(19)7-2-3-9(13)10(14)4-7/h2-4,6H,1H3,(H,17,19). The van der Waals surface area contributed by atoms with E-state index in [4.69, 9.17) is 28.5 Å². The third-order valence-electron chi connectivity index (χ3n) is 2.47. The molecule has 0 fully saturated rings. The Kier molecular flexibility index (Phi) is 3.74. The number of hydrogen-bond donors (Lipinski definition) is 1. The van der Waals surface area contributed by atoms with E-state index in [9.17, 15) is 4.79 Å². The molecule has 0 unspecified atom stereocenters. The maximum absolute atomic E-state index is 12.0. The zero-order chi connectivity index (χ0) is 14.0. The fourth-order valence-electron chi connectivity index (χ4n) is 1.48. The van der Waals surface area contributed by atoms with Crippen LogP contribution in [-0.2, 0) is 7.05 Å². The summed E-state index contributed by atoms with van der Waals surface area (Å²) in [5.41, 5.74) is 0.635. The molecule has 1 amide bonds. The maximum atomic E-state index is 12.0. The summed E-state index contributed by atoms with van der Waals surface area (Å²) in [6, 6.07) is 6.49. The molecule has 96 valence electrons. The first kappa shape index (κ1) is 13.4. The molecule has 2 rings (SSSR count). The van der Waals surface area contributed by atoms with Crippen molar-refractivity contribution in [1.29, 1.82) is 5.26 Å². The van der Waals surface area contributed by atoms with Gasteiger partial charge in [0.15, 0.2) is 0 Å². The Labute approximate surface area is 119 Å². The van der Waals surface area contributed by atoms with Gasteiger partial charge in [-0.15, -0.1) is 0 Å². The van der Waals surface area contributed by atoms with Crippen LogP contribution >= 0.6 is 23.2 Å². The first-order chi connectivity index (χ1) is 9.02. The van der Waals surface area contributed by atoms with Crippen molar-refractivity contribution in [1.82, 2.24) is 9.78 Å². The molecule has 0 radical (unpaired) electrons. The molecular weight excluding hydrogens is 287 g/mol. The zero-order valence-corrected chi connectivity index (χ0v) is 11.3. The number of benzene rings is 1. The summed E-state index contributed by atoms with van der Waals surface area (Å²) in [7, 11) is 1.63. The van der Waals surface area contributed by atoms with Gasteiger partial charge in [0.2, 0.25) is 0 Å². The van der Waals surface area contributed by atoms with Crippen LogP contribution in [0.5, 0.6) is 0 Å². The molecule has 0 aliphatic heterocycles. The third-order valence-corrected chi connectivity index (χ3v) is 3.21. The number of anilines is 1. The molecule has 19 heavy (non-hydrogen) atoms. The quantitative estimate of drug-likeness (QED) is 0.926. The van der Waals surface area contributed by atoms with Gasteiger partial charge in [-0.25, -0.2) is 0 Å². The Morgan fingerprint density at radius 3 is 2.79 bits per heavy atom. The van der Waals surface area contributed by atoms with Crippen molar-refractivity contribution in [2.24, 2.45) is 7.05 Å². The highest BCUT2D eigenvalue weighted by molar-refractivity contribution is 6.42. The molecule has 0 aliphatic rings. The number of aryl methyl sites for hydroxylation is 1. The molecule has 0 spiro atoms. The topological polar surface area (TPSA) is 70.7 Å². The van der Waals surface area contributed by atoms with Gasteiger partial charge in [-0.2, -0.15) is 10.4 Å². The van der Waals surface area contributed by atoms with Gasteiger partial charge in [0.05, 0.1) is 16.2 Å². The number of carbonyl (C=O) groups excluding carboxylic acids is 1. The molecule has 1 N–H and O–H groups in total. The summed E-state index contributed by atoms with van der Waals surface area (Å²) in [4.78, 5) is 12.0. The normalized spacial score (nSPS) is 10.0. The predicted molar refractivity (Wildman–Crippen MR) is 72.3 cm³/mol. The summed E-state index contributed by atoms with van der Waals surface area (Å²) >= 11 is 11.6. The van der Waals surface area contributed by atoms with E-state index >= 15 is 0 Å². The molecule has 0 bridgehead atoms. The molecule has 0 atom stereocenters. The fraction of sp³-hybridized carbons (Fsp3) is 0.0833. The van der Waals surface area contributed by atoms with E-state index in [1.165, 1.54) is 23.0 Å². The molecule has 2 aromatic rings. The van der Waals surface area contributed by atoms with Gasteiger partial charge < -0.3 is 5.32 Å². The second kappa shape index (κ2) is 5.31. The largest absolute Gasteiger partial charge is 0.306 e. The van der Waals surface area contributed by atoms with Crippen molar-refractivity contribution in [2.75, 3.05) is 5.32 Å². The summed E-state index contributed by atoms with van der Waals surface area (Å²) in [6.45, 7) is 0. The van der Waals surface area contributed by atoms with Crippen LogP contribution in [0.3, 0.4) is 0 Å². The van der Waals surface area contributed by atoms with Crippen molar-refractivity contribution in [2.45, 2.75) is 0 Å². The van der Waals surface area contributed by atoms with Gasteiger partial charge >= 0.3 is 0 Å². The number of nitriles is 1. The summed E-state index contributed by atoms with van der Waals surface area (Å²) < 4.78 is 1.41. The Bertz CT molecular complexity index is 688. The van der Waals surface area contributed by atoms with E-state index < -0.39 is 5.91 Å². The van der Waals surface area contributed by atoms with Crippen LogP contribution < -0.4 is 5.32 Å². The minimum absolute atomic E-state index is 0.288. The number of hydrogen-bond acceptors (Lipinski definition) is 3. The predicted octanol–water partition coefficient (Wildman–Crippen LogP) is 2.85.